The number of nitrogens with zero attached hydrogens (tertiary/aromatic N) is 6. The summed E-state index contributed by atoms with van der Waals surface area (Å²) in [7, 11) is 1.77. The number of benzene rings is 1. The topological polar surface area (TPSA) is 61.4 Å². The molecule has 3 heterocycles. The molecule has 0 spiro atoms. The van der Waals surface area contributed by atoms with E-state index in [-0.39, 0.29) is 0 Å². The first-order chi connectivity index (χ1) is 12.5. The van der Waals surface area contributed by atoms with E-state index in [1.54, 1.807) is 41.2 Å². The van der Waals surface area contributed by atoms with Crippen molar-refractivity contribution in [2.75, 3.05) is 0 Å². The molecule has 0 unspecified atom stereocenters. The van der Waals surface area contributed by atoms with Crippen LogP contribution in [0.2, 0.25) is 0 Å². The summed E-state index contributed by atoms with van der Waals surface area (Å²) in [5, 5.41) is 8.49. The zero-order valence-electron chi connectivity index (χ0n) is 13.6. The highest BCUT2D eigenvalue weighted by Crippen LogP contribution is 2.29. The molecule has 1 aromatic carbocycles. The fraction of sp³-hybridized carbons (Fsp3) is 0.176. The number of halogens is 3. The SMILES string of the molecule is Cn1cnc(Cn2ncc3ncc(-c4ccc(F)c(C(F)F)c4)cc32)n1. The zero-order chi connectivity index (χ0) is 18.3. The van der Waals surface area contributed by atoms with Gasteiger partial charge in [0.2, 0.25) is 0 Å². The van der Waals surface area contributed by atoms with E-state index in [4.69, 9.17) is 0 Å². The van der Waals surface area contributed by atoms with Crippen LogP contribution in [-0.4, -0.2) is 29.5 Å². The van der Waals surface area contributed by atoms with Crippen LogP contribution in [0.3, 0.4) is 0 Å². The highest BCUT2D eigenvalue weighted by atomic mass is 19.3. The Kier molecular flexibility index (Phi) is 3.90. The smallest absolute Gasteiger partial charge is 0.256 e. The third-order valence-electron chi connectivity index (χ3n) is 4.00. The molecular weight excluding hydrogens is 345 g/mol. The second-order valence-electron chi connectivity index (χ2n) is 5.80. The minimum atomic E-state index is -2.88. The Morgan fingerprint density at radius 1 is 1.08 bits per heavy atom. The largest absolute Gasteiger partial charge is 0.266 e. The summed E-state index contributed by atoms with van der Waals surface area (Å²) in [6, 6.07) is 5.41. The molecule has 0 aliphatic heterocycles. The minimum absolute atomic E-state index is 0.348. The van der Waals surface area contributed by atoms with Crippen LogP contribution in [-0.2, 0) is 13.6 Å². The highest BCUT2D eigenvalue weighted by Gasteiger charge is 2.15. The Hall–Kier alpha value is -3.23. The molecule has 0 aliphatic carbocycles. The molecule has 0 bridgehead atoms. The van der Waals surface area contributed by atoms with Gasteiger partial charge in [0.05, 0.1) is 17.3 Å². The number of aryl methyl sites for hydroxylation is 1. The van der Waals surface area contributed by atoms with Crippen molar-refractivity contribution < 1.29 is 13.2 Å². The average molecular weight is 358 g/mol. The van der Waals surface area contributed by atoms with Crippen molar-refractivity contribution in [1.82, 2.24) is 29.5 Å². The maximum atomic E-state index is 13.5. The van der Waals surface area contributed by atoms with E-state index in [1.165, 1.54) is 6.07 Å². The molecule has 0 radical (unpaired) electrons. The van der Waals surface area contributed by atoms with Crippen molar-refractivity contribution in [2.45, 2.75) is 13.0 Å². The molecule has 0 N–H and O–H groups in total. The lowest BCUT2D eigenvalue weighted by Crippen LogP contribution is -2.04. The van der Waals surface area contributed by atoms with Gasteiger partial charge in [-0.25, -0.2) is 18.2 Å². The van der Waals surface area contributed by atoms with E-state index in [2.05, 4.69) is 20.2 Å². The van der Waals surface area contributed by atoms with Gasteiger partial charge in [0.25, 0.3) is 6.43 Å². The van der Waals surface area contributed by atoms with Crippen molar-refractivity contribution >= 4 is 11.0 Å². The monoisotopic (exact) mass is 358 g/mol. The first kappa shape index (κ1) is 16.2. The number of hydrogen-bond donors (Lipinski definition) is 0. The number of fused-ring (bicyclic) bond motifs is 1. The Balaban J connectivity index is 1.75. The lowest BCUT2D eigenvalue weighted by Gasteiger charge is -2.07. The molecule has 9 heteroatoms. The van der Waals surface area contributed by atoms with Crippen LogP contribution >= 0.6 is 0 Å². The van der Waals surface area contributed by atoms with Gasteiger partial charge in [-0.05, 0) is 23.8 Å². The van der Waals surface area contributed by atoms with Gasteiger partial charge >= 0.3 is 0 Å². The highest BCUT2D eigenvalue weighted by molar-refractivity contribution is 5.80. The number of hydrogen-bond acceptors (Lipinski definition) is 4. The van der Waals surface area contributed by atoms with Gasteiger partial charge in [-0.2, -0.15) is 10.2 Å². The van der Waals surface area contributed by atoms with Crippen molar-refractivity contribution in [1.29, 1.82) is 0 Å². The Morgan fingerprint density at radius 2 is 1.92 bits per heavy atom. The lowest BCUT2D eigenvalue weighted by molar-refractivity contribution is 0.146. The van der Waals surface area contributed by atoms with E-state index in [0.717, 1.165) is 12.1 Å². The zero-order valence-corrected chi connectivity index (χ0v) is 13.6. The predicted molar refractivity (Wildman–Crippen MR) is 88.0 cm³/mol. The summed E-state index contributed by atoms with van der Waals surface area (Å²) < 4.78 is 42.7. The van der Waals surface area contributed by atoms with Crippen molar-refractivity contribution in [3.63, 3.8) is 0 Å². The van der Waals surface area contributed by atoms with Crippen LogP contribution in [0.1, 0.15) is 17.8 Å². The molecule has 3 aromatic heterocycles. The van der Waals surface area contributed by atoms with E-state index in [0.29, 0.717) is 34.5 Å². The summed E-state index contributed by atoms with van der Waals surface area (Å²) in [5.41, 5.74) is 1.78. The molecule has 26 heavy (non-hydrogen) atoms. The standard InChI is InChI=1S/C17H13F3N6/c1-25-9-22-16(24-25)8-26-15-5-11(6-21-14(15)7-23-26)10-2-3-13(18)12(4-10)17(19)20/h2-7,9,17H,8H2,1H3. The van der Waals surface area contributed by atoms with Gasteiger partial charge in [-0.15, -0.1) is 0 Å². The summed E-state index contributed by atoms with van der Waals surface area (Å²) in [6.07, 6.45) is 1.87. The van der Waals surface area contributed by atoms with Gasteiger partial charge < -0.3 is 0 Å². The molecule has 0 saturated carbocycles. The molecule has 0 atom stereocenters. The summed E-state index contributed by atoms with van der Waals surface area (Å²) in [4.78, 5) is 8.48. The maximum absolute atomic E-state index is 13.5. The number of aromatic nitrogens is 6. The van der Waals surface area contributed by atoms with E-state index in [9.17, 15) is 13.2 Å². The van der Waals surface area contributed by atoms with Crippen LogP contribution < -0.4 is 0 Å². The van der Waals surface area contributed by atoms with Gasteiger partial charge in [0, 0.05) is 18.8 Å². The maximum Gasteiger partial charge on any atom is 0.266 e. The fourth-order valence-electron chi connectivity index (χ4n) is 2.72. The summed E-state index contributed by atoms with van der Waals surface area (Å²) in [6.45, 7) is 0.348. The number of rotatable bonds is 4. The molecule has 0 fully saturated rings. The normalized spacial score (nSPS) is 11.6. The molecule has 6 nitrogen and oxygen atoms in total. The third kappa shape index (κ3) is 2.92. The molecular formula is C17H13F3N6. The van der Waals surface area contributed by atoms with Crippen LogP contribution in [0.15, 0.2) is 43.0 Å². The molecule has 132 valence electrons. The van der Waals surface area contributed by atoms with E-state index < -0.39 is 17.8 Å². The second kappa shape index (κ2) is 6.25. The van der Waals surface area contributed by atoms with Gasteiger partial charge in [0.15, 0.2) is 5.82 Å². The quantitative estimate of drug-likeness (QED) is 0.561. The number of pyridine rings is 1. The molecule has 0 amide bonds. The first-order valence-electron chi connectivity index (χ1n) is 7.75. The van der Waals surface area contributed by atoms with E-state index >= 15 is 0 Å². The first-order valence-corrected chi connectivity index (χ1v) is 7.75. The summed E-state index contributed by atoms with van der Waals surface area (Å²) in [5.74, 6) is -0.339. The summed E-state index contributed by atoms with van der Waals surface area (Å²) >= 11 is 0. The van der Waals surface area contributed by atoms with Crippen molar-refractivity contribution in [2.24, 2.45) is 7.05 Å². The van der Waals surface area contributed by atoms with Gasteiger partial charge in [-0.1, -0.05) is 6.07 Å². The Labute approximate surface area is 145 Å². The van der Waals surface area contributed by atoms with Crippen molar-refractivity contribution in [3.8, 4) is 11.1 Å². The lowest BCUT2D eigenvalue weighted by atomic mass is 10.0. The Morgan fingerprint density at radius 3 is 2.65 bits per heavy atom. The second-order valence-corrected chi connectivity index (χ2v) is 5.80. The van der Waals surface area contributed by atoms with Crippen LogP contribution in [0, 0.1) is 5.82 Å². The minimum Gasteiger partial charge on any atom is -0.256 e. The van der Waals surface area contributed by atoms with Crippen LogP contribution in [0.4, 0.5) is 13.2 Å². The van der Waals surface area contributed by atoms with E-state index in [1.807, 2.05) is 0 Å². The predicted octanol–water partition coefficient (Wildman–Crippen LogP) is 3.35. The molecule has 4 rings (SSSR count). The van der Waals surface area contributed by atoms with Crippen LogP contribution in [0.5, 0.6) is 0 Å². The third-order valence-corrected chi connectivity index (χ3v) is 4.00. The van der Waals surface area contributed by atoms with Gasteiger partial charge in [-0.3, -0.25) is 14.3 Å². The fourth-order valence-corrected chi connectivity index (χ4v) is 2.72. The molecule has 0 saturated heterocycles. The average Bonchev–Trinajstić information content (AvgIpc) is 3.21. The van der Waals surface area contributed by atoms with Gasteiger partial charge in [0.1, 0.15) is 24.2 Å². The molecule has 0 aliphatic rings. The Bertz CT molecular complexity index is 1090. The van der Waals surface area contributed by atoms with Crippen molar-refractivity contribution in [3.05, 3.63) is 60.2 Å². The molecule has 4 aromatic rings. The number of alkyl halides is 2. The van der Waals surface area contributed by atoms with Crippen LogP contribution in [0.25, 0.3) is 22.2 Å².